The van der Waals surface area contributed by atoms with Crippen LogP contribution in [0.3, 0.4) is 0 Å². The molecule has 3 amide bonds. The monoisotopic (exact) mass is 755 g/mol. The van der Waals surface area contributed by atoms with E-state index in [0.717, 1.165) is 53.9 Å². The first-order valence-electron chi connectivity index (χ1n) is 17.7. The van der Waals surface area contributed by atoms with Crippen LogP contribution in [0.25, 0.3) is 6.08 Å². The topological polar surface area (TPSA) is 132 Å². The molecular weight excluding hydrogens is 711 g/mol. The molecule has 12 heteroatoms. The predicted molar refractivity (Wildman–Crippen MR) is 211 cm³/mol. The quantitative estimate of drug-likeness (QED) is 0.0663. The van der Waals surface area contributed by atoms with Crippen molar-refractivity contribution in [2.24, 2.45) is 0 Å². The number of carbonyl (C=O) groups is 4. The molecule has 1 atom stereocenters. The van der Waals surface area contributed by atoms with Gasteiger partial charge in [0.05, 0.1) is 31.6 Å². The lowest BCUT2D eigenvalue weighted by Gasteiger charge is -2.16. The number of benzene rings is 3. The number of aryl methyl sites for hydroxylation is 1. The number of thiophene rings is 1. The van der Waals surface area contributed by atoms with Crippen molar-refractivity contribution in [2.75, 3.05) is 31.5 Å². The van der Waals surface area contributed by atoms with Gasteiger partial charge in [-0.1, -0.05) is 50.1 Å². The first-order chi connectivity index (χ1) is 25.7. The van der Waals surface area contributed by atoms with Crippen LogP contribution in [0.15, 0.2) is 83.4 Å². The van der Waals surface area contributed by atoms with Crippen LogP contribution in [0, 0.1) is 0 Å². The average Bonchev–Trinajstić information content (AvgIpc) is 3.48. The largest absolute Gasteiger partial charge is 0.493 e. The number of fused-ring (bicyclic) bond motifs is 1. The highest BCUT2D eigenvalue weighted by molar-refractivity contribution is 8.00. The minimum absolute atomic E-state index is 0.0115. The van der Waals surface area contributed by atoms with Crippen molar-refractivity contribution in [3.05, 3.63) is 106 Å². The zero-order chi connectivity index (χ0) is 37.7. The normalized spacial score (nSPS) is 13.4. The van der Waals surface area contributed by atoms with Crippen LogP contribution in [0.1, 0.15) is 82.7 Å². The number of rotatable bonds is 14. The average molecular weight is 756 g/mol. The van der Waals surface area contributed by atoms with E-state index in [0.29, 0.717) is 45.3 Å². The van der Waals surface area contributed by atoms with E-state index in [1.165, 1.54) is 37.3 Å². The van der Waals surface area contributed by atoms with Gasteiger partial charge in [0.25, 0.3) is 11.8 Å². The van der Waals surface area contributed by atoms with Crippen molar-refractivity contribution in [1.29, 1.82) is 0 Å². The molecule has 0 fully saturated rings. The van der Waals surface area contributed by atoms with Crippen LogP contribution in [-0.4, -0.2) is 49.8 Å². The number of hydrogen-bond donors (Lipinski definition) is 3. The molecule has 0 bridgehead atoms. The molecule has 0 saturated heterocycles. The van der Waals surface area contributed by atoms with Crippen molar-refractivity contribution in [3.63, 3.8) is 0 Å². The Morgan fingerprint density at radius 3 is 2.32 bits per heavy atom. The molecule has 10 nitrogen and oxygen atoms in total. The van der Waals surface area contributed by atoms with Crippen LogP contribution >= 0.6 is 23.1 Å². The van der Waals surface area contributed by atoms with Gasteiger partial charge < -0.3 is 30.2 Å². The summed E-state index contributed by atoms with van der Waals surface area (Å²) in [5.41, 5.74) is 2.98. The molecule has 1 unspecified atom stereocenters. The molecule has 1 aromatic heterocycles. The molecule has 1 heterocycles. The van der Waals surface area contributed by atoms with Gasteiger partial charge in [-0.05, 0) is 98.7 Å². The summed E-state index contributed by atoms with van der Waals surface area (Å²) in [5.74, 6) is -0.610. The summed E-state index contributed by atoms with van der Waals surface area (Å²) < 4.78 is 16.2. The first kappa shape index (κ1) is 39.1. The van der Waals surface area contributed by atoms with E-state index in [-0.39, 0.29) is 18.2 Å². The highest BCUT2D eigenvalue weighted by Gasteiger charge is 2.28. The van der Waals surface area contributed by atoms with Gasteiger partial charge in [-0.15, -0.1) is 23.1 Å². The molecule has 0 saturated carbocycles. The molecule has 1 aliphatic rings. The Bertz CT molecular complexity index is 1960. The molecule has 4 aromatic rings. The van der Waals surface area contributed by atoms with E-state index < -0.39 is 23.0 Å². The SMILES string of the molecule is CCOC(=O)c1c(NC(=O)C(CC)Sc2cccc(NC(=O)/C(=C\c3ccc(OC)c(OC)c3)NC(=O)c3ccccc3)c2)sc2c1CCCCCC2. The molecular formula is C41H45N3O7S2. The Hall–Kier alpha value is -5.07. The lowest BCUT2D eigenvalue weighted by atomic mass is 9.96. The number of hydrogen-bond acceptors (Lipinski definition) is 9. The fourth-order valence-corrected chi connectivity index (χ4v) is 8.30. The molecule has 5 rings (SSSR count). The molecule has 0 spiro atoms. The Balaban J connectivity index is 1.34. The summed E-state index contributed by atoms with van der Waals surface area (Å²) in [5, 5.41) is 8.80. The Morgan fingerprint density at radius 1 is 0.849 bits per heavy atom. The third-order valence-corrected chi connectivity index (χ3v) is 11.2. The van der Waals surface area contributed by atoms with Crippen LogP contribution < -0.4 is 25.4 Å². The van der Waals surface area contributed by atoms with E-state index in [9.17, 15) is 19.2 Å². The molecule has 1 aliphatic carbocycles. The summed E-state index contributed by atoms with van der Waals surface area (Å²) in [7, 11) is 3.05. The van der Waals surface area contributed by atoms with Gasteiger partial charge in [0.15, 0.2) is 11.5 Å². The van der Waals surface area contributed by atoms with E-state index >= 15 is 0 Å². The number of thioether (sulfide) groups is 1. The summed E-state index contributed by atoms with van der Waals surface area (Å²) in [6, 6.07) is 21.0. The van der Waals surface area contributed by atoms with Crippen molar-refractivity contribution in [3.8, 4) is 11.5 Å². The van der Waals surface area contributed by atoms with E-state index in [1.807, 2.05) is 13.0 Å². The number of carbonyl (C=O) groups excluding carboxylic acids is 4. The lowest BCUT2D eigenvalue weighted by Crippen LogP contribution is -2.30. The van der Waals surface area contributed by atoms with Crippen molar-refractivity contribution in [1.82, 2.24) is 5.32 Å². The fourth-order valence-electron chi connectivity index (χ4n) is 6.00. The Morgan fingerprint density at radius 2 is 1.60 bits per heavy atom. The molecule has 278 valence electrons. The summed E-state index contributed by atoms with van der Waals surface area (Å²) in [4.78, 5) is 55.7. The van der Waals surface area contributed by atoms with Gasteiger partial charge in [-0.2, -0.15) is 0 Å². The molecule has 53 heavy (non-hydrogen) atoms. The maximum absolute atomic E-state index is 13.8. The highest BCUT2D eigenvalue weighted by Crippen LogP contribution is 2.39. The van der Waals surface area contributed by atoms with Crippen LogP contribution in [-0.2, 0) is 27.2 Å². The summed E-state index contributed by atoms with van der Waals surface area (Å²) in [6.07, 6.45) is 8.08. The second-order valence-corrected chi connectivity index (χ2v) is 14.7. The second-order valence-electron chi connectivity index (χ2n) is 12.3. The third kappa shape index (κ3) is 10.3. The first-order valence-corrected chi connectivity index (χ1v) is 19.4. The summed E-state index contributed by atoms with van der Waals surface area (Å²) in [6.45, 7) is 3.97. The van der Waals surface area contributed by atoms with Gasteiger partial charge in [-0.25, -0.2) is 4.79 Å². The third-order valence-electron chi connectivity index (χ3n) is 8.67. The molecule has 3 aromatic carbocycles. The number of esters is 1. The van der Waals surface area contributed by atoms with E-state index in [2.05, 4.69) is 16.0 Å². The minimum Gasteiger partial charge on any atom is -0.493 e. The number of anilines is 2. The molecule has 0 radical (unpaired) electrons. The minimum atomic E-state index is -0.546. The van der Waals surface area contributed by atoms with Crippen LogP contribution in [0.4, 0.5) is 10.7 Å². The second kappa shape index (κ2) is 19.1. The maximum atomic E-state index is 13.8. The number of amides is 3. The fraction of sp³-hybridized carbons (Fsp3) is 0.317. The predicted octanol–water partition coefficient (Wildman–Crippen LogP) is 8.52. The van der Waals surface area contributed by atoms with E-state index in [4.69, 9.17) is 14.2 Å². The number of methoxy groups -OCH3 is 2. The number of nitrogens with one attached hydrogen (secondary N) is 3. The van der Waals surface area contributed by atoms with Crippen molar-refractivity contribution >= 4 is 63.6 Å². The van der Waals surface area contributed by atoms with Gasteiger partial charge in [0.1, 0.15) is 10.7 Å². The summed E-state index contributed by atoms with van der Waals surface area (Å²) >= 11 is 2.85. The molecule has 3 N–H and O–H groups in total. The van der Waals surface area contributed by atoms with E-state index in [1.54, 1.807) is 79.7 Å². The lowest BCUT2D eigenvalue weighted by molar-refractivity contribution is -0.116. The Labute approximate surface area is 318 Å². The van der Waals surface area contributed by atoms with Crippen LogP contribution in [0.2, 0.25) is 0 Å². The smallest absolute Gasteiger partial charge is 0.341 e. The van der Waals surface area contributed by atoms with Gasteiger partial charge in [0.2, 0.25) is 5.91 Å². The van der Waals surface area contributed by atoms with Crippen molar-refractivity contribution < 1.29 is 33.4 Å². The maximum Gasteiger partial charge on any atom is 0.341 e. The highest BCUT2D eigenvalue weighted by atomic mass is 32.2. The van der Waals surface area contributed by atoms with Gasteiger partial charge in [-0.3, -0.25) is 14.4 Å². The standard InChI is InChI=1S/C41H45N3O7S2/c1-5-34(39(47)44-40-36(41(48)51-6-2)30-19-12-7-8-13-20-35(30)53-40)52-29-18-14-17-28(25-29)42-38(46)31(43-37(45)27-15-10-9-11-16-27)23-26-21-22-32(49-3)33(24-26)50-4/h9-11,14-18,21-25,34H,5-8,12-13,19-20H2,1-4H3,(H,42,46)(H,43,45)(H,44,47)/b31-23+. The van der Waals surface area contributed by atoms with Crippen LogP contribution in [0.5, 0.6) is 11.5 Å². The van der Waals surface area contributed by atoms with Gasteiger partial charge in [0, 0.05) is 21.0 Å². The zero-order valence-electron chi connectivity index (χ0n) is 30.4. The van der Waals surface area contributed by atoms with Crippen molar-refractivity contribution in [2.45, 2.75) is 68.9 Å². The zero-order valence-corrected chi connectivity index (χ0v) is 32.0. The molecule has 0 aliphatic heterocycles. The Kier molecular flexibility index (Phi) is 14.1. The number of ether oxygens (including phenoxy) is 3. The van der Waals surface area contributed by atoms with Gasteiger partial charge >= 0.3 is 5.97 Å².